The number of benzene rings is 4. The van der Waals surface area contributed by atoms with Gasteiger partial charge < -0.3 is 0 Å². The monoisotopic (exact) mass is 605 g/mol. The first-order chi connectivity index (χ1) is 18.3. The van der Waals surface area contributed by atoms with E-state index in [1.165, 1.54) is 50.8 Å². The Balaban J connectivity index is 1.31. The van der Waals surface area contributed by atoms with Gasteiger partial charge in [-0.3, -0.25) is 0 Å². The summed E-state index contributed by atoms with van der Waals surface area (Å²) in [7, 11) is 0. The van der Waals surface area contributed by atoms with Gasteiger partial charge in [-0.05, 0) is 0 Å². The topological polar surface area (TPSA) is 0 Å². The van der Waals surface area contributed by atoms with Crippen LogP contribution in [0.25, 0.3) is 35.8 Å². The van der Waals surface area contributed by atoms with Crippen molar-refractivity contribution in [3.63, 3.8) is 0 Å². The average Bonchev–Trinajstić information content (AvgIpc) is 2.97. The first-order valence-corrected chi connectivity index (χ1v) is 15.8. The van der Waals surface area contributed by atoms with Crippen LogP contribution in [0, 0.1) is 0 Å². The Hall–Kier alpha value is -3.51. The van der Waals surface area contributed by atoms with Crippen LogP contribution < -0.4 is 4.46 Å². The van der Waals surface area contributed by atoms with Crippen molar-refractivity contribution in [1.29, 1.82) is 0 Å². The second-order valence-electron chi connectivity index (χ2n) is 8.77. The van der Waals surface area contributed by atoms with Crippen LogP contribution in [-0.2, 0) is 0 Å². The second-order valence-corrected chi connectivity index (χ2v) is 13.3. The van der Waals surface area contributed by atoms with Crippen LogP contribution in [0.4, 0.5) is 0 Å². The Morgan fingerprint density at radius 1 is 0.622 bits per heavy atom. The van der Waals surface area contributed by atoms with Crippen LogP contribution in [0.15, 0.2) is 146 Å². The fraction of sp³-hybridized carbons (Fsp3) is 0. The molecule has 4 aromatic carbocycles. The van der Waals surface area contributed by atoms with Gasteiger partial charge in [-0.15, -0.1) is 0 Å². The molecular weight excluding hydrogens is 578 g/mol. The van der Waals surface area contributed by atoms with E-state index in [0.29, 0.717) is 29.5 Å². The molecule has 0 atom stereocenters. The van der Waals surface area contributed by atoms with Crippen molar-refractivity contribution < 1.29 is 0 Å². The van der Waals surface area contributed by atoms with Crippen molar-refractivity contribution in [1.82, 2.24) is 0 Å². The van der Waals surface area contributed by atoms with E-state index in [1.54, 1.807) is 0 Å². The third-order valence-electron chi connectivity index (χ3n) is 6.30. The summed E-state index contributed by atoms with van der Waals surface area (Å²) in [6, 6.07) is 41.6. The third kappa shape index (κ3) is 5.44. The summed E-state index contributed by atoms with van der Waals surface area (Å²) in [5.41, 5.74) is 6.54. The van der Waals surface area contributed by atoms with E-state index in [1.807, 2.05) is 0 Å². The van der Waals surface area contributed by atoms with E-state index in [4.69, 9.17) is 0 Å². The van der Waals surface area contributed by atoms with Crippen LogP contribution in [0.1, 0.15) is 16.7 Å². The molecular formula is C35H25Se2+. The maximum absolute atomic E-state index is 2.37. The van der Waals surface area contributed by atoms with Gasteiger partial charge in [0.05, 0.1) is 0 Å². The van der Waals surface area contributed by atoms with Gasteiger partial charge in [-0.25, -0.2) is 0 Å². The maximum atomic E-state index is 2.37. The van der Waals surface area contributed by atoms with Gasteiger partial charge in [0.2, 0.25) is 0 Å². The Morgan fingerprint density at radius 3 is 2.16 bits per heavy atom. The Labute approximate surface area is 230 Å². The molecule has 0 saturated carbocycles. The zero-order valence-corrected chi connectivity index (χ0v) is 23.7. The summed E-state index contributed by atoms with van der Waals surface area (Å²) < 4.78 is 5.75. The van der Waals surface area contributed by atoms with E-state index in [9.17, 15) is 0 Å². The van der Waals surface area contributed by atoms with E-state index < -0.39 is 0 Å². The number of allylic oxidation sites excluding steroid dienone is 6. The molecule has 0 bridgehead atoms. The molecule has 0 aliphatic carbocycles. The fourth-order valence-corrected chi connectivity index (χ4v) is 9.17. The summed E-state index contributed by atoms with van der Waals surface area (Å²) in [5, 5.41) is 1.35. The standard InChI is InChI=1S/C35H25Se2/c1-4-14-26(15-5-1)34-24-28(30-20-10-12-22-32(30)36-34)18-8-3-9-19-29-25-35(27-16-6-2-7-17-27)37-33-23-13-11-21-31(29)33/h1-25H/q+1. The first-order valence-electron chi connectivity index (χ1n) is 12.4. The zero-order chi connectivity index (χ0) is 24.9. The van der Waals surface area contributed by atoms with E-state index >= 15 is 0 Å². The van der Waals surface area contributed by atoms with Gasteiger partial charge in [0, 0.05) is 0 Å². The van der Waals surface area contributed by atoms with Gasteiger partial charge in [0.1, 0.15) is 0 Å². The van der Waals surface area contributed by atoms with Crippen molar-refractivity contribution in [2.75, 3.05) is 0 Å². The summed E-state index contributed by atoms with van der Waals surface area (Å²) in [4.78, 5) is 0. The summed E-state index contributed by atoms with van der Waals surface area (Å²) >= 11 is 0.627. The van der Waals surface area contributed by atoms with Crippen molar-refractivity contribution in [2.45, 2.75) is 0 Å². The molecule has 2 heteroatoms. The molecule has 5 aromatic rings. The fourth-order valence-electron chi connectivity index (χ4n) is 4.47. The first kappa shape index (κ1) is 23.9. The predicted octanol–water partition coefficient (Wildman–Crippen LogP) is 7.88. The normalized spacial score (nSPS) is 14.4. The quantitative estimate of drug-likeness (QED) is 0.142. The molecule has 0 saturated heterocycles. The minimum atomic E-state index is 0.314. The third-order valence-corrected chi connectivity index (χ3v) is 11.1. The molecule has 1 aromatic heterocycles. The van der Waals surface area contributed by atoms with Gasteiger partial charge in [0.25, 0.3) is 0 Å². The van der Waals surface area contributed by atoms with Gasteiger partial charge in [-0.2, -0.15) is 0 Å². The number of fused-ring (bicyclic) bond motifs is 2. The second kappa shape index (κ2) is 11.3. The SMILES string of the molecule is C1=C(c2ccccc2)[Se]c2ccccc2/C1=C/C=C/C=C/c1cc(-c2ccccc2)[se+]c2ccccc12. The van der Waals surface area contributed by atoms with Crippen molar-refractivity contribution in [3.8, 4) is 10.0 Å². The van der Waals surface area contributed by atoms with Crippen LogP contribution in [0.5, 0.6) is 0 Å². The molecule has 0 fully saturated rings. The summed E-state index contributed by atoms with van der Waals surface area (Å²) in [6.07, 6.45) is 13.3. The Morgan fingerprint density at radius 2 is 1.32 bits per heavy atom. The molecule has 0 N–H and O–H groups in total. The van der Waals surface area contributed by atoms with Crippen LogP contribution >= 0.6 is 0 Å². The molecule has 0 spiro atoms. The zero-order valence-electron chi connectivity index (χ0n) is 20.3. The van der Waals surface area contributed by atoms with E-state index in [2.05, 4.69) is 152 Å². The van der Waals surface area contributed by atoms with Gasteiger partial charge >= 0.3 is 232 Å². The van der Waals surface area contributed by atoms with Crippen LogP contribution in [-0.4, -0.2) is 29.5 Å². The Bertz CT molecular complexity index is 1670. The van der Waals surface area contributed by atoms with Crippen molar-refractivity contribution in [3.05, 3.63) is 162 Å². The van der Waals surface area contributed by atoms with Crippen molar-refractivity contribution >= 4 is 59.7 Å². The van der Waals surface area contributed by atoms with Gasteiger partial charge in [0.15, 0.2) is 0 Å². The van der Waals surface area contributed by atoms with E-state index in [0.717, 1.165) is 0 Å². The molecule has 1 aliphatic heterocycles. The molecule has 2 heterocycles. The van der Waals surface area contributed by atoms with E-state index in [-0.39, 0.29) is 0 Å². The molecule has 0 nitrogen and oxygen atoms in total. The molecule has 0 radical (unpaired) electrons. The predicted molar refractivity (Wildman–Crippen MR) is 163 cm³/mol. The summed E-state index contributed by atoms with van der Waals surface area (Å²) in [6.45, 7) is 0. The average molecular weight is 604 g/mol. The molecule has 0 amide bonds. The van der Waals surface area contributed by atoms with Crippen LogP contribution in [0.3, 0.4) is 0 Å². The van der Waals surface area contributed by atoms with Gasteiger partial charge in [-0.1, -0.05) is 0 Å². The summed E-state index contributed by atoms with van der Waals surface area (Å²) in [5.74, 6) is 0. The molecule has 0 unspecified atom stereocenters. The number of hydrogen-bond acceptors (Lipinski definition) is 0. The molecule has 1 aliphatic rings. The van der Waals surface area contributed by atoms with Crippen LogP contribution in [0.2, 0.25) is 0 Å². The number of hydrogen-bond donors (Lipinski definition) is 0. The minimum absolute atomic E-state index is 0.314. The number of rotatable bonds is 5. The van der Waals surface area contributed by atoms with Crippen molar-refractivity contribution in [2.24, 2.45) is 0 Å². The molecule has 6 rings (SSSR count). The Kier molecular flexibility index (Phi) is 7.26. The molecule has 176 valence electrons. The molecule has 37 heavy (non-hydrogen) atoms.